The zero-order valence-electron chi connectivity index (χ0n) is 15.1. The molecule has 25 heavy (non-hydrogen) atoms. The lowest BCUT2D eigenvalue weighted by molar-refractivity contribution is 0.290. The second kappa shape index (κ2) is 10.3. The largest absolute Gasteiger partial charge is 0.497 e. The fourth-order valence-electron chi connectivity index (χ4n) is 2.52. The maximum Gasteiger partial charge on any atom is 0.165 e. The van der Waals surface area contributed by atoms with E-state index in [-0.39, 0.29) is 0 Å². The van der Waals surface area contributed by atoms with Crippen molar-refractivity contribution in [3.63, 3.8) is 0 Å². The van der Waals surface area contributed by atoms with Gasteiger partial charge in [0.1, 0.15) is 5.75 Å². The molecule has 136 valence electrons. The molecule has 0 fully saturated rings. The number of halogens is 1. The minimum absolute atomic E-state index is 0.677. The average molecular weight is 408 g/mol. The molecule has 0 bridgehead atoms. The average Bonchev–Trinajstić information content (AvgIpc) is 2.64. The Morgan fingerprint density at radius 3 is 2.44 bits per heavy atom. The van der Waals surface area contributed by atoms with Crippen molar-refractivity contribution in [3.05, 3.63) is 52.0 Å². The molecule has 4 nitrogen and oxygen atoms in total. The van der Waals surface area contributed by atoms with Gasteiger partial charge in [0.15, 0.2) is 11.5 Å². The molecule has 0 aromatic heterocycles. The van der Waals surface area contributed by atoms with Crippen LogP contribution >= 0.6 is 15.9 Å². The minimum Gasteiger partial charge on any atom is -0.497 e. The first-order valence-corrected chi connectivity index (χ1v) is 9.30. The quantitative estimate of drug-likeness (QED) is 0.584. The molecule has 0 saturated heterocycles. The van der Waals surface area contributed by atoms with E-state index >= 15 is 0 Å². The molecule has 1 N–H and O–H groups in total. The van der Waals surface area contributed by atoms with Gasteiger partial charge in [-0.25, -0.2) is 0 Å². The molecule has 5 heteroatoms. The molecule has 0 aliphatic rings. The number of ether oxygens (including phenoxy) is 3. The minimum atomic E-state index is 0.677. The third-order valence-corrected chi connectivity index (χ3v) is 4.29. The molecule has 2 rings (SSSR count). The fraction of sp³-hybridized carbons (Fsp3) is 0.400. The van der Waals surface area contributed by atoms with E-state index in [4.69, 9.17) is 14.2 Å². The number of methoxy groups -OCH3 is 2. The predicted octanol–water partition coefficient (Wildman–Crippen LogP) is 4.59. The van der Waals surface area contributed by atoms with Crippen LogP contribution in [0, 0.1) is 0 Å². The molecule has 0 spiro atoms. The molecular formula is C20H26BrNO3. The lowest BCUT2D eigenvalue weighted by Gasteiger charge is -2.16. The molecule has 0 unspecified atom stereocenters. The topological polar surface area (TPSA) is 39.7 Å². The lowest BCUT2D eigenvalue weighted by atomic mass is 10.1. The summed E-state index contributed by atoms with van der Waals surface area (Å²) in [6.07, 6.45) is 1.92. The molecule has 2 aromatic rings. The van der Waals surface area contributed by atoms with Gasteiger partial charge < -0.3 is 19.5 Å². The van der Waals surface area contributed by atoms with E-state index in [1.54, 1.807) is 14.2 Å². The van der Waals surface area contributed by atoms with Gasteiger partial charge in [0.2, 0.25) is 0 Å². The van der Waals surface area contributed by atoms with Gasteiger partial charge in [-0.05, 0) is 49.2 Å². The predicted molar refractivity (Wildman–Crippen MR) is 105 cm³/mol. The van der Waals surface area contributed by atoms with E-state index in [9.17, 15) is 0 Å². The molecule has 0 aliphatic heterocycles. The summed E-state index contributed by atoms with van der Waals surface area (Å²) in [6, 6.07) is 12.2. The summed E-state index contributed by atoms with van der Waals surface area (Å²) >= 11 is 3.54. The van der Waals surface area contributed by atoms with Crippen LogP contribution in [0.1, 0.15) is 24.5 Å². The summed E-state index contributed by atoms with van der Waals surface area (Å²) in [5, 5.41) is 3.49. The Balaban J connectivity index is 1.95. The Morgan fingerprint density at radius 2 is 1.80 bits per heavy atom. The van der Waals surface area contributed by atoms with E-state index in [1.165, 1.54) is 5.56 Å². The van der Waals surface area contributed by atoms with Crippen molar-refractivity contribution in [2.75, 3.05) is 27.4 Å². The zero-order valence-corrected chi connectivity index (χ0v) is 16.7. The van der Waals surface area contributed by atoms with Gasteiger partial charge >= 0.3 is 0 Å². The standard InChI is InChI=1S/C20H26BrNO3/c1-4-11-25-20-16(12-17(21)13-19(20)24-3)14-22-10-9-15-5-7-18(23-2)8-6-15/h5-8,12-13,22H,4,9-11,14H2,1-3H3. The Hall–Kier alpha value is -1.72. The van der Waals surface area contributed by atoms with E-state index in [0.717, 1.165) is 53.2 Å². The summed E-state index contributed by atoms with van der Waals surface area (Å²) in [7, 11) is 3.35. The Morgan fingerprint density at radius 1 is 1.04 bits per heavy atom. The summed E-state index contributed by atoms with van der Waals surface area (Å²) in [6.45, 7) is 4.38. The van der Waals surface area contributed by atoms with Crippen molar-refractivity contribution in [3.8, 4) is 17.2 Å². The third-order valence-electron chi connectivity index (χ3n) is 3.83. The second-order valence-electron chi connectivity index (χ2n) is 5.72. The maximum atomic E-state index is 5.90. The van der Waals surface area contributed by atoms with Crippen LogP contribution in [-0.4, -0.2) is 27.4 Å². The molecule has 0 heterocycles. The van der Waals surface area contributed by atoms with Crippen LogP contribution in [0.15, 0.2) is 40.9 Å². The summed E-state index contributed by atoms with van der Waals surface area (Å²) < 4.78 is 17.5. The van der Waals surface area contributed by atoms with Crippen molar-refractivity contribution in [1.82, 2.24) is 5.32 Å². The van der Waals surface area contributed by atoms with Crippen LogP contribution in [0.4, 0.5) is 0 Å². The zero-order chi connectivity index (χ0) is 18.1. The Kier molecular flexibility index (Phi) is 8.09. The van der Waals surface area contributed by atoms with Crippen molar-refractivity contribution >= 4 is 15.9 Å². The molecule has 2 aromatic carbocycles. The number of hydrogen-bond acceptors (Lipinski definition) is 4. The number of benzene rings is 2. The van der Waals surface area contributed by atoms with Crippen molar-refractivity contribution in [2.45, 2.75) is 26.3 Å². The molecule has 0 saturated carbocycles. The molecular weight excluding hydrogens is 382 g/mol. The first-order chi connectivity index (χ1) is 12.2. The van der Waals surface area contributed by atoms with Gasteiger partial charge in [-0.1, -0.05) is 35.0 Å². The first kappa shape index (κ1) is 19.6. The van der Waals surface area contributed by atoms with Crippen LogP contribution in [0.25, 0.3) is 0 Å². The molecule has 0 atom stereocenters. The summed E-state index contributed by atoms with van der Waals surface area (Å²) in [4.78, 5) is 0. The van der Waals surface area contributed by atoms with Gasteiger partial charge in [0.05, 0.1) is 20.8 Å². The highest BCUT2D eigenvalue weighted by molar-refractivity contribution is 9.10. The summed E-state index contributed by atoms with van der Waals surface area (Å²) in [5.41, 5.74) is 2.37. The van der Waals surface area contributed by atoms with E-state index in [2.05, 4.69) is 46.4 Å². The van der Waals surface area contributed by atoms with Gasteiger partial charge in [-0.2, -0.15) is 0 Å². The Bertz CT molecular complexity index is 659. The number of rotatable bonds is 10. The maximum absolute atomic E-state index is 5.90. The van der Waals surface area contributed by atoms with Crippen LogP contribution < -0.4 is 19.5 Å². The van der Waals surface area contributed by atoms with Gasteiger partial charge in [0.25, 0.3) is 0 Å². The van der Waals surface area contributed by atoms with Crippen molar-refractivity contribution in [2.24, 2.45) is 0 Å². The fourth-order valence-corrected chi connectivity index (χ4v) is 3.01. The van der Waals surface area contributed by atoms with Gasteiger partial charge in [-0.3, -0.25) is 0 Å². The number of nitrogens with one attached hydrogen (secondary N) is 1. The van der Waals surface area contributed by atoms with E-state index in [1.807, 2.05) is 18.2 Å². The normalized spacial score (nSPS) is 10.6. The van der Waals surface area contributed by atoms with Crippen molar-refractivity contribution in [1.29, 1.82) is 0 Å². The highest BCUT2D eigenvalue weighted by Gasteiger charge is 2.12. The van der Waals surface area contributed by atoms with E-state index < -0.39 is 0 Å². The highest BCUT2D eigenvalue weighted by Crippen LogP contribution is 2.35. The van der Waals surface area contributed by atoms with Crippen LogP contribution in [-0.2, 0) is 13.0 Å². The third kappa shape index (κ3) is 5.94. The first-order valence-electron chi connectivity index (χ1n) is 8.50. The SMILES string of the molecule is CCCOc1c(CNCCc2ccc(OC)cc2)cc(Br)cc1OC. The smallest absolute Gasteiger partial charge is 0.165 e. The molecule has 0 amide bonds. The van der Waals surface area contributed by atoms with Gasteiger partial charge in [-0.15, -0.1) is 0 Å². The van der Waals surface area contributed by atoms with Gasteiger partial charge in [0, 0.05) is 16.6 Å². The monoisotopic (exact) mass is 407 g/mol. The molecule has 0 radical (unpaired) electrons. The van der Waals surface area contributed by atoms with Crippen LogP contribution in [0.5, 0.6) is 17.2 Å². The summed E-state index contributed by atoms with van der Waals surface area (Å²) in [5.74, 6) is 2.47. The van der Waals surface area contributed by atoms with Crippen LogP contribution in [0.2, 0.25) is 0 Å². The molecule has 0 aliphatic carbocycles. The Labute approximate surface area is 158 Å². The lowest BCUT2D eigenvalue weighted by Crippen LogP contribution is -2.17. The van der Waals surface area contributed by atoms with Crippen LogP contribution in [0.3, 0.4) is 0 Å². The van der Waals surface area contributed by atoms with Crippen molar-refractivity contribution < 1.29 is 14.2 Å². The second-order valence-corrected chi connectivity index (χ2v) is 6.64. The highest BCUT2D eigenvalue weighted by atomic mass is 79.9. The number of hydrogen-bond donors (Lipinski definition) is 1. The van der Waals surface area contributed by atoms with E-state index in [0.29, 0.717) is 6.61 Å².